The van der Waals surface area contributed by atoms with Gasteiger partial charge in [0.1, 0.15) is 5.75 Å². The van der Waals surface area contributed by atoms with Gasteiger partial charge in [-0.3, -0.25) is 9.59 Å². The number of benzene rings is 3. The minimum absolute atomic E-state index is 0.0418. The average molecular weight is 560 g/mol. The van der Waals surface area contributed by atoms with Crippen LogP contribution in [-0.4, -0.2) is 73.9 Å². The fourth-order valence-electron chi connectivity index (χ4n) is 5.36. The Morgan fingerprint density at radius 3 is 2.51 bits per heavy atom. The average Bonchev–Trinajstić information content (AvgIpc) is 3.45. The summed E-state index contributed by atoms with van der Waals surface area (Å²) in [5.74, 6) is 0.351. The van der Waals surface area contributed by atoms with Crippen molar-refractivity contribution in [3.05, 3.63) is 101 Å². The second-order valence-electron chi connectivity index (χ2n) is 10.7. The maximum absolute atomic E-state index is 13.5. The molecule has 0 bridgehead atoms. The molecule has 1 heterocycles. The third kappa shape index (κ3) is 8.39. The van der Waals surface area contributed by atoms with Crippen LogP contribution in [0, 0.1) is 6.92 Å². The Balaban J connectivity index is 1.47. The number of hydrogen-bond acceptors (Lipinski definition) is 6. The number of nitrogens with zero attached hydrogens (tertiary/aromatic N) is 1. The van der Waals surface area contributed by atoms with Gasteiger partial charge in [-0.15, -0.1) is 0 Å². The molecule has 0 saturated carbocycles. The van der Waals surface area contributed by atoms with Crippen molar-refractivity contribution in [2.24, 2.45) is 0 Å². The number of ether oxygens (including phenoxy) is 2. The fourth-order valence-corrected chi connectivity index (χ4v) is 5.36. The number of aliphatic hydroxyl groups excluding tert-OH is 1. The molecule has 0 aromatic heterocycles. The number of carbonyl (C=O) groups is 2. The van der Waals surface area contributed by atoms with Gasteiger partial charge >= 0.3 is 0 Å². The van der Waals surface area contributed by atoms with Crippen molar-refractivity contribution in [2.45, 2.75) is 50.9 Å². The largest absolute Gasteiger partial charge is 0.497 e. The van der Waals surface area contributed by atoms with Crippen molar-refractivity contribution in [1.29, 1.82) is 0 Å². The first-order chi connectivity index (χ1) is 19.9. The molecule has 3 atom stereocenters. The quantitative estimate of drug-likeness (QED) is 0.295. The molecule has 0 radical (unpaired) electrons. The molecule has 3 N–H and O–H groups in total. The number of carbonyl (C=O) groups excluding carboxylic acids is 2. The summed E-state index contributed by atoms with van der Waals surface area (Å²) in [5.41, 5.74) is 3.73. The van der Waals surface area contributed by atoms with Crippen molar-refractivity contribution in [1.82, 2.24) is 15.5 Å². The lowest BCUT2D eigenvalue weighted by atomic mass is 9.99. The minimum atomic E-state index is -0.852. The van der Waals surface area contributed by atoms with Gasteiger partial charge in [0.25, 0.3) is 11.8 Å². The number of aryl methyl sites for hydroxylation is 1. The third-order valence-electron chi connectivity index (χ3n) is 7.48. The first-order valence-corrected chi connectivity index (χ1v) is 14.2. The van der Waals surface area contributed by atoms with Crippen molar-refractivity contribution in [3.8, 4) is 5.75 Å². The van der Waals surface area contributed by atoms with Gasteiger partial charge in [-0.1, -0.05) is 42.5 Å². The van der Waals surface area contributed by atoms with E-state index < -0.39 is 12.1 Å². The summed E-state index contributed by atoms with van der Waals surface area (Å²) in [5, 5.41) is 17.5. The molecule has 0 spiro atoms. The number of hydrogen-bond donors (Lipinski definition) is 3. The van der Waals surface area contributed by atoms with Crippen molar-refractivity contribution < 1.29 is 24.2 Å². The Morgan fingerprint density at radius 2 is 1.76 bits per heavy atom. The van der Waals surface area contributed by atoms with Crippen LogP contribution in [0.1, 0.15) is 50.2 Å². The third-order valence-corrected chi connectivity index (χ3v) is 7.48. The van der Waals surface area contributed by atoms with Crippen LogP contribution in [0.5, 0.6) is 5.75 Å². The molecule has 1 aliphatic heterocycles. The summed E-state index contributed by atoms with van der Waals surface area (Å²) in [7, 11) is 3.27. The summed E-state index contributed by atoms with van der Waals surface area (Å²) in [6.07, 6.45) is 1.45. The number of nitrogens with one attached hydrogen (secondary N) is 2. The number of likely N-dealkylation sites (tertiary alicyclic amines) is 1. The van der Waals surface area contributed by atoms with Crippen LogP contribution in [-0.2, 0) is 17.7 Å². The molecule has 2 amide bonds. The second-order valence-corrected chi connectivity index (χ2v) is 10.7. The molecule has 8 heteroatoms. The maximum atomic E-state index is 13.5. The Morgan fingerprint density at radius 1 is 1.00 bits per heavy atom. The van der Waals surface area contributed by atoms with Crippen molar-refractivity contribution >= 4 is 11.8 Å². The summed E-state index contributed by atoms with van der Waals surface area (Å²) < 4.78 is 10.6. The van der Waals surface area contributed by atoms with Crippen LogP contribution in [0.2, 0.25) is 0 Å². The molecule has 0 aliphatic carbocycles. The summed E-state index contributed by atoms with van der Waals surface area (Å²) in [4.78, 5) is 28.8. The normalized spacial score (nSPS) is 16.3. The highest BCUT2D eigenvalue weighted by Gasteiger charge is 2.30. The van der Waals surface area contributed by atoms with Gasteiger partial charge in [-0.2, -0.15) is 0 Å². The highest BCUT2D eigenvalue weighted by molar-refractivity contribution is 6.00. The van der Waals surface area contributed by atoms with Crippen LogP contribution in [0.4, 0.5) is 0 Å². The number of aliphatic hydroxyl groups is 1. The van der Waals surface area contributed by atoms with E-state index >= 15 is 0 Å². The SMILES string of the molecule is COCC1CCCN1C(=O)c1cc(C)cc(C(=O)N[C@@H](Cc2ccccc2)[C@H](O)CNCc2cccc(OC)c2)c1. The lowest BCUT2D eigenvalue weighted by Gasteiger charge is -2.26. The lowest BCUT2D eigenvalue weighted by molar-refractivity contribution is 0.0630. The van der Waals surface area contributed by atoms with Gasteiger partial charge in [0, 0.05) is 37.9 Å². The minimum Gasteiger partial charge on any atom is -0.497 e. The van der Waals surface area contributed by atoms with Crippen molar-refractivity contribution in [3.63, 3.8) is 0 Å². The fraction of sp³-hybridized carbons (Fsp3) is 0.394. The Kier molecular flexibility index (Phi) is 10.9. The van der Waals surface area contributed by atoms with E-state index in [-0.39, 0.29) is 24.4 Å². The maximum Gasteiger partial charge on any atom is 0.254 e. The number of amides is 2. The summed E-state index contributed by atoms with van der Waals surface area (Å²) in [6.45, 7) is 3.88. The van der Waals surface area contributed by atoms with Crippen LogP contribution < -0.4 is 15.4 Å². The van der Waals surface area contributed by atoms with E-state index in [1.807, 2.05) is 72.5 Å². The summed E-state index contributed by atoms with van der Waals surface area (Å²) in [6, 6.07) is 22.3. The molecule has 8 nitrogen and oxygen atoms in total. The molecule has 4 rings (SSSR count). The van der Waals surface area contributed by atoms with E-state index in [2.05, 4.69) is 10.6 Å². The zero-order valence-corrected chi connectivity index (χ0v) is 24.1. The van der Waals surface area contributed by atoms with E-state index in [1.54, 1.807) is 26.4 Å². The highest BCUT2D eigenvalue weighted by atomic mass is 16.5. The van der Waals surface area contributed by atoms with E-state index in [9.17, 15) is 14.7 Å². The zero-order valence-electron chi connectivity index (χ0n) is 24.1. The monoisotopic (exact) mass is 559 g/mol. The Labute approximate surface area is 242 Å². The van der Waals surface area contributed by atoms with Crippen LogP contribution in [0.25, 0.3) is 0 Å². The number of methoxy groups -OCH3 is 2. The van der Waals surface area contributed by atoms with Gasteiger partial charge in [-0.25, -0.2) is 0 Å². The first-order valence-electron chi connectivity index (χ1n) is 14.2. The zero-order chi connectivity index (χ0) is 29.2. The predicted octanol–water partition coefficient (Wildman–Crippen LogP) is 3.75. The number of rotatable bonds is 13. The molecule has 1 aliphatic rings. The van der Waals surface area contributed by atoms with Crippen molar-refractivity contribution in [2.75, 3.05) is 33.9 Å². The second kappa shape index (κ2) is 14.8. The Hall–Kier alpha value is -3.72. The molecule has 3 aromatic carbocycles. The van der Waals surface area contributed by atoms with Gasteiger partial charge in [-0.05, 0) is 73.2 Å². The van der Waals surface area contributed by atoms with Crippen LogP contribution >= 0.6 is 0 Å². The molecular weight excluding hydrogens is 518 g/mol. The predicted molar refractivity (Wildman–Crippen MR) is 159 cm³/mol. The molecule has 3 aromatic rings. The smallest absolute Gasteiger partial charge is 0.254 e. The Bertz CT molecular complexity index is 1300. The van der Waals surface area contributed by atoms with Gasteiger partial charge in [0.05, 0.1) is 31.9 Å². The highest BCUT2D eigenvalue weighted by Crippen LogP contribution is 2.22. The standard InChI is InChI=1S/C33H41N3O5/c1-23-15-26(19-27(16-23)33(39)36-14-8-12-28(36)22-40-2)32(38)35-30(18-24-9-5-4-6-10-24)31(37)21-34-20-25-11-7-13-29(17-25)41-3/h4-7,9-11,13,15-17,19,28,30-31,34,37H,8,12,14,18,20-22H2,1-3H3,(H,35,38)/t28?,30-,31+/m0/s1. The van der Waals surface area contributed by atoms with Crippen LogP contribution in [0.3, 0.4) is 0 Å². The van der Waals surface area contributed by atoms with Gasteiger partial charge in [0.15, 0.2) is 0 Å². The summed E-state index contributed by atoms with van der Waals surface area (Å²) >= 11 is 0. The van der Waals surface area contributed by atoms with E-state index in [1.165, 1.54) is 0 Å². The van der Waals surface area contributed by atoms with Gasteiger partial charge in [0.2, 0.25) is 0 Å². The molecule has 1 fully saturated rings. The van der Waals surface area contributed by atoms with Gasteiger partial charge < -0.3 is 30.1 Å². The molecule has 41 heavy (non-hydrogen) atoms. The molecule has 218 valence electrons. The topological polar surface area (TPSA) is 100 Å². The van der Waals surface area contributed by atoms with Crippen LogP contribution in [0.15, 0.2) is 72.8 Å². The molecule has 1 unspecified atom stereocenters. The molecule has 1 saturated heterocycles. The van der Waals surface area contributed by atoms with E-state index in [0.717, 1.165) is 35.3 Å². The van der Waals surface area contributed by atoms with E-state index in [4.69, 9.17) is 9.47 Å². The first kappa shape index (κ1) is 30.2. The lowest BCUT2D eigenvalue weighted by Crippen LogP contribution is -2.48. The van der Waals surface area contributed by atoms with E-state index in [0.29, 0.717) is 37.2 Å². The molecular formula is C33H41N3O5.